The maximum Gasteiger partial charge on any atom is 0.304 e. The number of nitrogens with zero attached hydrogens (tertiary/aromatic N) is 2. The molecular formula is C12H22N2O2. The minimum atomic E-state index is -0.690. The predicted molar refractivity (Wildman–Crippen MR) is 62.5 cm³/mol. The second-order valence-electron chi connectivity index (χ2n) is 5.13. The summed E-state index contributed by atoms with van der Waals surface area (Å²) in [5.74, 6) is -0.690. The van der Waals surface area contributed by atoms with Crippen LogP contribution in [0.2, 0.25) is 0 Å². The predicted octanol–water partition coefficient (Wildman–Crippen LogP) is 1.02. The molecule has 0 amide bonds. The molecule has 4 nitrogen and oxygen atoms in total. The number of aliphatic carboxylic acids is 1. The zero-order chi connectivity index (χ0) is 11.5. The van der Waals surface area contributed by atoms with Crippen LogP contribution in [-0.4, -0.2) is 59.6 Å². The Morgan fingerprint density at radius 3 is 3.00 bits per heavy atom. The average molecular weight is 226 g/mol. The summed E-state index contributed by atoms with van der Waals surface area (Å²) < 4.78 is 0. The minimum Gasteiger partial charge on any atom is -0.481 e. The van der Waals surface area contributed by atoms with Gasteiger partial charge in [0, 0.05) is 18.6 Å². The molecule has 1 N–H and O–H groups in total. The standard InChI is InChI=1S/C12H22N2O2/c1-13(7-5-12(15)16)10-4-8-14-6-2-3-11(14)9-10/h10-11H,2-9H2,1H3,(H,15,16). The van der Waals surface area contributed by atoms with E-state index < -0.39 is 5.97 Å². The number of carbonyl (C=O) groups is 1. The van der Waals surface area contributed by atoms with Gasteiger partial charge in [-0.05, 0) is 45.8 Å². The molecule has 2 fully saturated rings. The van der Waals surface area contributed by atoms with Crippen molar-refractivity contribution in [2.75, 3.05) is 26.7 Å². The van der Waals surface area contributed by atoms with Crippen LogP contribution in [0.5, 0.6) is 0 Å². The number of carboxylic acids is 1. The summed E-state index contributed by atoms with van der Waals surface area (Å²) in [7, 11) is 2.07. The van der Waals surface area contributed by atoms with E-state index in [2.05, 4.69) is 16.8 Å². The van der Waals surface area contributed by atoms with Gasteiger partial charge < -0.3 is 14.9 Å². The third-order valence-corrected chi connectivity index (χ3v) is 4.09. The summed E-state index contributed by atoms with van der Waals surface area (Å²) in [5.41, 5.74) is 0. The Kier molecular flexibility index (Phi) is 3.82. The van der Waals surface area contributed by atoms with Crippen molar-refractivity contribution in [3.63, 3.8) is 0 Å². The quantitative estimate of drug-likeness (QED) is 0.777. The van der Waals surface area contributed by atoms with E-state index in [0.717, 1.165) is 6.04 Å². The normalized spacial score (nSPS) is 30.6. The van der Waals surface area contributed by atoms with Crippen LogP contribution in [0.3, 0.4) is 0 Å². The van der Waals surface area contributed by atoms with Crippen LogP contribution in [0.1, 0.15) is 32.1 Å². The Morgan fingerprint density at radius 2 is 2.25 bits per heavy atom. The van der Waals surface area contributed by atoms with Crippen molar-refractivity contribution in [2.45, 2.75) is 44.2 Å². The largest absolute Gasteiger partial charge is 0.481 e. The van der Waals surface area contributed by atoms with Gasteiger partial charge in [0.2, 0.25) is 0 Å². The van der Waals surface area contributed by atoms with Gasteiger partial charge in [-0.15, -0.1) is 0 Å². The fourth-order valence-electron chi connectivity index (χ4n) is 3.06. The number of piperidine rings is 1. The first-order valence-electron chi connectivity index (χ1n) is 6.33. The van der Waals surface area contributed by atoms with Crippen molar-refractivity contribution in [1.82, 2.24) is 9.80 Å². The lowest BCUT2D eigenvalue weighted by atomic mass is 9.96. The molecule has 4 heteroatoms. The number of hydrogen-bond donors (Lipinski definition) is 1. The van der Waals surface area contributed by atoms with Crippen molar-refractivity contribution in [3.8, 4) is 0 Å². The molecule has 92 valence electrons. The van der Waals surface area contributed by atoms with Gasteiger partial charge in [0.05, 0.1) is 6.42 Å². The van der Waals surface area contributed by atoms with Crippen molar-refractivity contribution in [3.05, 3.63) is 0 Å². The zero-order valence-corrected chi connectivity index (χ0v) is 10.1. The Hall–Kier alpha value is -0.610. The second-order valence-corrected chi connectivity index (χ2v) is 5.13. The smallest absolute Gasteiger partial charge is 0.304 e. The zero-order valence-electron chi connectivity index (χ0n) is 10.1. The molecule has 2 saturated heterocycles. The fraction of sp³-hybridized carbons (Fsp3) is 0.917. The maximum atomic E-state index is 10.5. The van der Waals surface area contributed by atoms with E-state index in [1.54, 1.807) is 0 Å². The highest BCUT2D eigenvalue weighted by atomic mass is 16.4. The van der Waals surface area contributed by atoms with E-state index in [9.17, 15) is 4.79 Å². The molecule has 2 aliphatic rings. The Balaban J connectivity index is 1.79. The molecule has 2 aliphatic heterocycles. The summed E-state index contributed by atoms with van der Waals surface area (Å²) in [5, 5.41) is 8.68. The lowest BCUT2D eigenvalue weighted by molar-refractivity contribution is -0.137. The number of rotatable bonds is 4. The van der Waals surface area contributed by atoms with Crippen LogP contribution < -0.4 is 0 Å². The van der Waals surface area contributed by atoms with E-state index in [1.807, 2.05) is 0 Å². The van der Waals surface area contributed by atoms with Crippen LogP contribution in [0, 0.1) is 0 Å². The summed E-state index contributed by atoms with van der Waals surface area (Å²) >= 11 is 0. The van der Waals surface area contributed by atoms with Crippen LogP contribution in [0.25, 0.3) is 0 Å². The highest BCUT2D eigenvalue weighted by Crippen LogP contribution is 2.28. The van der Waals surface area contributed by atoms with Gasteiger partial charge in [-0.1, -0.05) is 0 Å². The molecule has 0 spiro atoms. The summed E-state index contributed by atoms with van der Waals surface area (Å²) in [6.45, 7) is 3.16. The summed E-state index contributed by atoms with van der Waals surface area (Å²) in [4.78, 5) is 15.4. The molecule has 2 unspecified atom stereocenters. The minimum absolute atomic E-state index is 0.265. The molecule has 2 atom stereocenters. The van der Waals surface area contributed by atoms with E-state index >= 15 is 0 Å². The lowest BCUT2D eigenvalue weighted by Crippen LogP contribution is -2.46. The first kappa shape index (κ1) is 11.9. The SMILES string of the molecule is CN(CCC(=O)O)C1CCN2CCCC2C1. The summed E-state index contributed by atoms with van der Waals surface area (Å²) in [6.07, 6.45) is 5.38. The first-order valence-corrected chi connectivity index (χ1v) is 6.33. The van der Waals surface area contributed by atoms with Crippen LogP contribution in [-0.2, 0) is 4.79 Å². The molecule has 0 aromatic rings. The van der Waals surface area contributed by atoms with Crippen LogP contribution >= 0.6 is 0 Å². The molecule has 0 saturated carbocycles. The number of fused-ring (bicyclic) bond motifs is 1. The molecule has 0 radical (unpaired) electrons. The third kappa shape index (κ3) is 2.74. The average Bonchev–Trinajstić information content (AvgIpc) is 2.72. The second kappa shape index (κ2) is 5.15. The van der Waals surface area contributed by atoms with Gasteiger partial charge in [-0.25, -0.2) is 0 Å². The van der Waals surface area contributed by atoms with Crippen molar-refractivity contribution >= 4 is 5.97 Å². The van der Waals surface area contributed by atoms with Crippen molar-refractivity contribution in [2.24, 2.45) is 0 Å². The van der Waals surface area contributed by atoms with Crippen molar-refractivity contribution in [1.29, 1.82) is 0 Å². The summed E-state index contributed by atoms with van der Waals surface area (Å²) in [6, 6.07) is 1.37. The molecule has 0 bridgehead atoms. The topological polar surface area (TPSA) is 43.8 Å². The van der Waals surface area contributed by atoms with Gasteiger partial charge >= 0.3 is 5.97 Å². The van der Waals surface area contributed by atoms with Gasteiger partial charge in [0.25, 0.3) is 0 Å². The van der Waals surface area contributed by atoms with E-state index in [4.69, 9.17) is 5.11 Å². The Bertz CT molecular complexity index is 257. The highest BCUT2D eigenvalue weighted by Gasteiger charge is 2.32. The lowest BCUT2D eigenvalue weighted by Gasteiger charge is -2.39. The Labute approximate surface area is 97.2 Å². The maximum absolute atomic E-state index is 10.5. The van der Waals surface area contributed by atoms with Crippen LogP contribution in [0.15, 0.2) is 0 Å². The molecular weight excluding hydrogens is 204 g/mol. The third-order valence-electron chi connectivity index (χ3n) is 4.09. The Morgan fingerprint density at radius 1 is 1.44 bits per heavy atom. The molecule has 2 rings (SSSR count). The molecule has 0 aliphatic carbocycles. The number of carboxylic acid groups (broad SMARTS) is 1. The van der Waals surface area contributed by atoms with Crippen LogP contribution in [0.4, 0.5) is 0 Å². The van der Waals surface area contributed by atoms with Gasteiger partial charge in [-0.2, -0.15) is 0 Å². The van der Waals surface area contributed by atoms with Gasteiger partial charge in [0.15, 0.2) is 0 Å². The first-order chi connectivity index (χ1) is 7.66. The monoisotopic (exact) mass is 226 g/mol. The van der Waals surface area contributed by atoms with E-state index in [-0.39, 0.29) is 6.42 Å². The van der Waals surface area contributed by atoms with E-state index in [0.29, 0.717) is 12.6 Å². The molecule has 16 heavy (non-hydrogen) atoms. The van der Waals surface area contributed by atoms with Gasteiger partial charge in [-0.3, -0.25) is 4.79 Å². The molecule has 0 aromatic heterocycles. The highest BCUT2D eigenvalue weighted by molar-refractivity contribution is 5.66. The molecule has 2 heterocycles. The molecule has 0 aromatic carbocycles. The van der Waals surface area contributed by atoms with Gasteiger partial charge in [0.1, 0.15) is 0 Å². The fourth-order valence-corrected chi connectivity index (χ4v) is 3.06. The number of hydrogen-bond acceptors (Lipinski definition) is 3. The van der Waals surface area contributed by atoms with E-state index in [1.165, 1.54) is 38.8 Å². The van der Waals surface area contributed by atoms with Crippen molar-refractivity contribution < 1.29 is 9.90 Å².